The van der Waals surface area contributed by atoms with Crippen LogP contribution in [-0.4, -0.2) is 54.9 Å². The number of likely N-dealkylation sites (tertiary alicyclic amines) is 1. The number of hydrogen-bond acceptors (Lipinski definition) is 7. The summed E-state index contributed by atoms with van der Waals surface area (Å²) in [6.45, 7) is 2.20. The molecular weight excluding hydrogens is 360 g/mol. The van der Waals surface area contributed by atoms with Crippen molar-refractivity contribution in [2.45, 2.75) is 38.5 Å². The maximum absolute atomic E-state index is 12.5. The Hall–Kier alpha value is -3.07. The Balaban J connectivity index is 1.26. The molecule has 1 unspecified atom stereocenters. The molecule has 0 bridgehead atoms. The van der Waals surface area contributed by atoms with E-state index in [2.05, 4.69) is 20.2 Å². The van der Waals surface area contributed by atoms with Gasteiger partial charge in [0.2, 0.25) is 5.91 Å². The number of piperidine rings is 1. The molecular formula is C19H22N6O3. The predicted octanol–water partition coefficient (Wildman–Crippen LogP) is 1.93. The second-order valence-electron chi connectivity index (χ2n) is 6.69. The predicted molar refractivity (Wildman–Crippen MR) is 98.8 cm³/mol. The number of amides is 1. The molecule has 0 saturated carbocycles. The minimum atomic E-state index is -0.0252. The van der Waals surface area contributed by atoms with E-state index in [4.69, 9.17) is 9.26 Å². The van der Waals surface area contributed by atoms with Gasteiger partial charge >= 0.3 is 0 Å². The number of aryl methyl sites for hydroxylation is 1. The Kier molecular flexibility index (Phi) is 5.72. The van der Waals surface area contributed by atoms with Crippen molar-refractivity contribution in [1.82, 2.24) is 29.8 Å². The van der Waals surface area contributed by atoms with Crippen molar-refractivity contribution in [2.75, 3.05) is 13.1 Å². The molecule has 1 fully saturated rings. The minimum Gasteiger partial charge on any atom is -0.368 e. The van der Waals surface area contributed by atoms with E-state index < -0.39 is 0 Å². The van der Waals surface area contributed by atoms with E-state index in [9.17, 15) is 4.79 Å². The van der Waals surface area contributed by atoms with Gasteiger partial charge in [0.1, 0.15) is 6.61 Å². The summed E-state index contributed by atoms with van der Waals surface area (Å²) in [7, 11) is 0. The van der Waals surface area contributed by atoms with E-state index in [1.807, 2.05) is 29.3 Å². The zero-order chi connectivity index (χ0) is 19.2. The molecule has 0 radical (unpaired) electrons. The number of rotatable bonds is 7. The third kappa shape index (κ3) is 4.61. The number of nitrogens with zero attached hydrogens (tertiary/aromatic N) is 6. The lowest BCUT2D eigenvalue weighted by Gasteiger charge is -2.32. The van der Waals surface area contributed by atoms with Crippen LogP contribution in [0.1, 0.15) is 25.1 Å². The molecule has 1 amide bonds. The molecule has 3 aromatic heterocycles. The van der Waals surface area contributed by atoms with Gasteiger partial charge in [-0.2, -0.15) is 10.1 Å². The number of carbonyl (C=O) groups excluding carboxylic acids is 1. The lowest BCUT2D eigenvalue weighted by molar-refractivity contribution is -0.136. The first-order valence-corrected chi connectivity index (χ1v) is 9.38. The highest BCUT2D eigenvalue weighted by Gasteiger charge is 2.24. The van der Waals surface area contributed by atoms with Gasteiger partial charge in [0, 0.05) is 50.8 Å². The van der Waals surface area contributed by atoms with Gasteiger partial charge in [-0.05, 0) is 31.0 Å². The third-order valence-electron chi connectivity index (χ3n) is 4.67. The molecule has 1 aliphatic heterocycles. The molecule has 4 rings (SSSR count). The Morgan fingerprint density at radius 2 is 2.29 bits per heavy atom. The fourth-order valence-corrected chi connectivity index (χ4v) is 3.21. The molecule has 9 nitrogen and oxygen atoms in total. The topological polar surface area (TPSA) is 99.2 Å². The third-order valence-corrected chi connectivity index (χ3v) is 4.67. The van der Waals surface area contributed by atoms with Gasteiger partial charge in [-0.1, -0.05) is 5.16 Å². The number of aromatic nitrogens is 5. The van der Waals surface area contributed by atoms with Crippen LogP contribution in [0, 0.1) is 0 Å². The van der Waals surface area contributed by atoms with E-state index in [1.54, 1.807) is 23.3 Å². The molecule has 0 aliphatic carbocycles. The van der Waals surface area contributed by atoms with Crippen molar-refractivity contribution in [3.63, 3.8) is 0 Å². The quantitative estimate of drug-likeness (QED) is 0.615. The average molecular weight is 382 g/mol. The summed E-state index contributed by atoms with van der Waals surface area (Å²) in [4.78, 5) is 22.7. The highest BCUT2D eigenvalue weighted by Crippen LogP contribution is 2.18. The van der Waals surface area contributed by atoms with Gasteiger partial charge in [0.05, 0.1) is 11.7 Å². The highest BCUT2D eigenvalue weighted by atomic mass is 16.5. The van der Waals surface area contributed by atoms with Crippen molar-refractivity contribution >= 4 is 5.91 Å². The number of ether oxygens (including phenoxy) is 1. The molecule has 9 heteroatoms. The Morgan fingerprint density at radius 1 is 1.32 bits per heavy atom. The number of hydrogen-bond donors (Lipinski definition) is 0. The fraction of sp³-hybridized carbons (Fsp3) is 0.421. The molecule has 1 saturated heterocycles. The van der Waals surface area contributed by atoms with E-state index in [1.165, 1.54) is 0 Å². The molecule has 4 heterocycles. The molecule has 28 heavy (non-hydrogen) atoms. The highest BCUT2D eigenvalue weighted by molar-refractivity contribution is 5.76. The first-order valence-electron chi connectivity index (χ1n) is 9.38. The standard InChI is InChI=1S/C19H22N6O3/c26-18(6-11-25-10-3-8-21-25)24-9-2-5-16(13-24)27-14-17-22-19(28-23-17)15-4-1-7-20-12-15/h1,3-4,7-8,10,12,16H,2,5-6,9,11,13-14H2. The van der Waals surface area contributed by atoms with Crippen LogP contribution in [0.25, 0.3) is 11.5 Å². The largest absolute Gasteiger partial charge is 0.368 e. The number of carbonyl (C=O) groups is 1. The first-order chi connectivity index (χ1) is 13.8. The van der Waals surface area contributed by atoms with Crippen LogP contribution in [0.4, 0.5) is 0 Å². The zero-order valence-electron chi connectivity index (χ0n) is 15.5. The van der Waals surface area contributed by atoms with Crippen molar-refractivity contribution in [3.05, 3.63) is 48.8 Å². The Morgan fingerprint density at radius 3 is 3.11 bits per heavy atom. The van der Waals surface area contributed by atoms with Gasteiger partial charge in [-0.3, -0.25) is 14.5 Å². The first kappa shape index (κ1) is 18.3. The van der Waals surface area contributed by atoms with E-state index in [-0.39, 0.29) is 18.6 Å². The smallest absolute Gasteiger partial charge is 0.259 e. The van der Waals surface area contributed by atoms with Crippen LogP contribution < -0.4 is 0 Å². The minimum absolute atomic E-state index is 0.0252. The summed E-state index contributed by atoms with van der Waals surface area (Å²) in [6, 6.07) is 5.53. The van der Waals surface area contributed by atoms with Gasteiger partial charge in [0.15, 0.2) is 5.82 Å². The second kappa shape index (κ2) is 8.75. The van der Waals surface area contributed by atoms with Crippen molar-refractivity contribution in [2.24, 2.45) is 0 Å². The maximum Gasteiger partial charge on any atom is 0.259 e. The molecule has 0 N–H and O–H groups in total. The monoisotopic (exact) mass is 382 g/mol. The number of pyridine rings is 1. The molecule has 0 spiro atoms. The van der Waals surface area contributed by atoms with Crippen LogP contribution in [0.2, 0.25) is 0 Å². The lowest BCUT2D eigenvalue weighted by atomic mass is 10.1. The van der Waals surface area contributed by atoms with E-state index in [0.717, 1.165) is 24.9 Å². The van der Waals surface area contributed by atoms with Crippen molar-refractivity contribution < 1.29 is 14.1 Å². The molecule has 3 aromatic rings. The van der Waals surface area contributed by atoms with Crippen molar-refractivity contribution in [3.8, 4) is 11.5 Å². The van der Waals surface area contributed by atoms with E-state index in [0.29, 0.717) is 31.2 Å². The molecule has 0 aromatic carbocycles. The van der Waals surface area contributed by atoms with Crippen LogP contribution in [0.15, 0.2) is 47.5 Å². The van der Waals surface area contributed by atoms with Crippen LogP contribution >= 0.6 is 0 Å². The zero-order valence-corrected chi connectivity index (χ0v) is 15.5. The summed E-state index contributed by atoms with van der Waals surface area (Å²) in [5, 5.41) is 8.09. The Bertz CT molecular complexity index is 880. The second-order valence-corrected chi connectivity index (χ2v) is 6.69. The molecule has 1 atom stereocenters. The SMILES string of the molecule is O=C(CCn1cccn1)N1CCCC(OCc2noc(-c3cccnc3)n2)C1. The fourth-order valence-electron chi connectivity index (χ4n) is 3.21. The van der Waals surface area contributed by atoms with Gasteiger partial charge in [0.25, 0.3) is 5.89 Å². The van der Waals surface area contributed by atoms with Crippen LogP contribution in [0.5, 0.6) is 0 Å². The lowest BCUT2D eigenvalue weighted by Crippen LogP contribution is -2.43. The van der Waals surface area contributed by atoms with Gasteiger partial charge < -0.3 is 14.2 Å². The summed E-state index contributed by atoms with van der Waals surface area (Å²) >= 11 is 0. The van der Waals surface area contributed by atoms with Crippen LogP contribution in [-0.2, 0) is 22.7 Å². The Labute approximate surface area is 162 Å². The van der Waals surface area contributed by atoms with E-state index >= 15 is 0 Å². The van der Waals surface area contributed by atoms with Gasteiger partial charge in [-0.25, -0.2) is 0 Å². The normalized spacial score (nSPS) is 17.0. The summed E-state index contributed by atoms with van der Waals surface area (Å²) in [5.74, 6) is 1.04. The maximum atomic E-state index is 12.5. The van der Waals surface area contributed by atoms with Gasteiger partial charge in [-0.15, -0.1) is 0 Å². The van der Waals surface area contributed by atoms with Crippen molar-refractivity contribution in [1.29, 1.82) is 0 Å². The molecule has 146 valence electrons. The summed E-state index contributed by atoms with van der Waals surface area (Å²) < 4.78 is 13.0. The van der Waals surface area contributed by atoms with Crippen LogP contribution in [0.3, 0.4) is 0 Å². The average Bonchev–Trinajstić information content (AvgIpc) is 3.43. The summed E-state index contributed by atoms with van der Waals surface area (Å²) in [6.07, 6.45) is 9.19. The molecule has 1 aliphatic rings. The summed E-state index contributed by atoms with van der Waals surface area (Å²) in [5.41, 5.74) is 0.771.